The second kappa shape index (κ2) is 5.98. The maximum Gasteiger partial charge on any atom is 0.124 e. The van der Waals surface area contributed by atoms with Gasteiger partial charge in [-0.2, -0.15) is 0 Å². The van der Waals surface area contributed by atoms with Crippen LogP contribution in [0.3, 0.4) is 0 Å². The average Bonchev–Trinajstić information content (AvgIpc) is 2.48. The second-order valence-electron chi connectivity index (χ2n) is 5.74. The molecule has 4 rings (SSSR count). The van der Waals surface area contributed by atoms with E-state index in [4.69, 9.17) is 11.6 Å². The molecule has 3 aliphatic heterocycles. The third kappa shape index (κ3) is 2.84. The van der Waals surface area contributed by atoms with Crippen molar-refractivity contribution in [2.24, 2.45) is 0 Å². The molecule has 0 saturated carbocycles. The summed E-state index contributed by atoms with van der Waals surface area (Å²) >= 11 is 6.16. The highest BCUT2D eigenvalue weighted by Gasteiger charge is 2.36. The van der Waals surface area contributed by atoms with Gasteiger partial charge in [0.25, 0.3) is 0 Å². The van der Waals surface area contributed by atoms with E-state index >= 15 is 0 Å². The molecule has 110 valence electrons. The Morgan fingerprint density at radius 2 is 2.10 bits per heavy atom. The fourth-order valence-corrected chi connectivity index (χ4v) is 3.64. The molecule has 3 nitrogen and oxygen atoms in total. The minimum absolute atomic E-state index is 0.272. The number of benzene rings is 1. The van der Waals surface area contributed by atoms with Gasteiger partial charge in [0.05, 0.1) is 0 Å². The number of nitrogens with one attached hydrogen (secondary N) is 1. The van der Waals surface area contributed by atoms with E-state index in [-0.39, 0.29) is 5.82 Å². The number of hydrogen-bond donors (Lipinski definition) is 1. The first-order chi connectivity index (χ1) is 9.67. The SMILES string of the molecule is CNC(Cc1ccc(F)cc1Cl)C1CN2CCN1CC2. The van der Waals surface area contributed by atoms with E-state index < -0.39 is 0 Å². The predicted molar refractivity (Wildman–Crippen MR) is 79.8 cm³/mol. The number of halogens is 2. The van der Waals surface area contributed by atoms with Crippen LogP contribution < -0.4 is 5.32 Å². The van der Waals surface area contributed by atoms with Gasteiger partial charge in [-0.25, -0.2) is 4.39 Å². The molecule has 0 spiro atoms. The van der Waals surface area contributed by atoms with E-state index in [2.05, 4.69) is 15.1 Å². The molecule has 2 atom stereocenters. The molecule has 3 aliphatic rings. The van der Waals surface area contributed by atoms with E-state index in [9.17, 15) is 4.39 Å². The molecular formula is C15H21ClFN3. The van der Waals surface area contributed by atoms with Crippen molar-refractivity contribution in [1.82, 2.24) is 15.1 Å². The lowest BCUT2D eigenvalue weighted by atomic mass is 9.94. The minimum Gasteiger partial charge on any atom is -0.315 e. The zero-order valence-corrected chi connectivity index (χ0v) is 12.5. The molecule has 2 unspecified atom stereocenters. The summed E-state index contributed by atoms with van der Waals surface area (Å²) in [5.74, 6) is -0.272. The summed E-state index contributed by atoms with van der Waals surface area (Å²) in [4.78, 5) is 5.10. The first-order valence-electron chi connectivity index (χ1n) is 7.25. The van der Waals surface area contributed by atoms with Crippen molar-refractivity contribution >= 4 is 11.6 Å². The Morgan fingerprint density at radius 1 is 1.35 bits per heavy atom. The van der Waals surface area contributed by atoms with Crippen molar-refractivity contribution in [3.05, 3.63) is 34.6 Å². The van der Waals surface area contributed by atoms with Crippen LogP contribution in [-0.2, 0) is 6.42 Å². The van der Waals surface area contributed by atoms with Gasteiger partial charge in [-0.3, -0.25) is 9.80 Å². The molecule has 20 heavy (non-hydrogen) atoms. The smallest absolute Gasteiger partial charge is 0.124 e. The van der Waals surface area contributed by atoms with Gasteiger partial charge < -0.3 is 5.32 Å². The summed E-state index contributed by atoms with van der Waals surface area (Å²) in [5, 5.41) is 3.96. The lowest BCUT2D eigenvalue weighted by molar-refractivity contribution is -0.00201. The number of nitrogens with zero attached hydrogens (tertiary/aromatic N) is 2. The Bertz CT molecular complexity index is 474. The Kier molecular flexibility index (Phi) is 4.26. The van der Waals surface area contributed by atoms with E-state index in [1.54, 1.807) is 6.07 Å². The standard InChI is InChI=1S/C15H21ClFN3/c1-18-14(8-11-2-3-12(17)9-13(11)16)15-10-19-4-6-20(15)7-5-19/h2-3,9,14-15,18H,4-8,10H2,1H3. The van der Waals surface area contributed by atoms with Crippen molar-refractivity contribution in [1.29, 1.82) is 0 Å². The van der Waals surface area contributed by atoms with Crippen LogP contribution in [0.5, 0.6) is 0 Å². The quantitative estimate of drug-likeness (QED) is 0.911. The van der Waals surface area contributed by atoms with Gasteiger partial charge in [0.2, 0.25) is 0 Å². The maximum absolute atomic E-state index is 13.1. The first kappa shape index (κ1) is 14.3. The molecule has 1 aromatic carbocycles. The first-order valence-corrected chi connectivity index (χ1v) is 7.63. The summed E-state index contributed by atoms with van der Waals surface area (Å²) in [6.45, 7) is 5.79. The molecule has 3 heterocycles. The molecular weight excluding hydrogens is 277 g/mol. The molecule has 0 aliphatic carbocycles. The van der Waals surface area contributed by atoms with Crippen LogP contribution in [0.25, 0.3) is 0 Å². The molecule has 3 saturated heterocycles. The third-order valence-corrected chi connectivity index (χ3v) is 4.96. The Hall–Kier alpha value is -0.680. The molecule has 1 N–H and O–H groups in total. The molecule has 3 fully saturated rings. The average molecular weight is 298 g/mol. The fraction of sp³-hybridized carbons (Fsp3) is 0.600. The summed E-state index contributed by atoms with van der Waals surface area (Å²) in [6.07, 6.45) is 0.838. The number of rotatable bonds is 4. The normalized spacial score (nSPS) is 30.4. The molecule has 1 aromatic rings. The van der Waals surface area contributed by atoms with Gasteiger partial charge in [-0.15, -0.1) is 0 Å². The lowest BCUT2D eigenvalue weighted by Crippen LogP contribution is -2.66. The van der Waals surface area contributed by atoms with Gasteiger partial charge in [-0.1, -0.05) is 17.7 Å². The van der Waals surface area contributed by atoms with Crippen LogP contribution in [0.15, 0.2) is 18.2 Å². The van der Waals surface area contributed by atoms with Gasteiger partial charge in [0.1, 0.15) is 5.82 Å². The summed E-state index contributed by atoms with van der Waals surface area (Å²) in [6, 6.07) is 5.56. The Balaban J connectivity index is 1.73. The zero-order chi connectivity index (χ0) is 14.1. The summed E-state index contributed by atoms with van der Waals surface area (Å²) in [5.41, 5.74) is 1.02. The van der Waals surface area contributed by atoms with E-state index in [1.807, 2.05) is 7.05 Å². The van der Waals surface area contributed by atoms with Crippen molar-refractivity contribution < 1.29 is 4.39 Å². The molecule has 5 heteroatoms. The highest BCUT2D eigenvalue weighted by atomic mass is 35.5. The van der Waals surface area contributed by atoms with Crippen molar-refractivity contribution in [3.8, 4) is 0 Å². The van der Waals surface area contributed by atoms with Crippen LogP contribution >= 0.6 is 11.6 Å². The number of fused-ring (bicyclic) bond motifs is 3. The molecule has 0 amide bonds. The maximum atomic E-state index is 13.1. The zero-order valence-electron chi connectivity index (χ0n) is 11.8. The van der Waals surface area contributed by atoms with E-state index in [1.165, 1.54) is 25.2 Å². The van der Waals surface area contributed by atoms with Crippen LogP contribution in [0.1, 0.15) is 5.56 Å². The topological polar surface area (TPSA) is 18.5 Å². The number of hydrogen-bond acceptors (Lipinski definition) is 3. The second-order valence-corrected chi connectivity index (χ2v) is 6.15. The highest BCUT2D eigenvalue weighted by molar-refractivity contribution is 6.31. The monoisotopic (exact) mass is 297 g/mol. The molecule has 0 aromatic heterocycles. The molecule has 0 radical (unpaired) electrons. The fourth-order valence-electron chi connectivity index (χ4n) is 3.39. The van der Waals surface area contributed by atoms with Crippen LogP contribution in [0, 0.1) is 5.82 Å². The largest absolute Gasteiger partial charge is 0.315 e. The van der Waals surface area contributed by atoms with Crippen molar-refractivity contribution in [3.63, 3.8) is 0 Å². The van der Waals surface area contributed by atoms with Gasteiger partial charge in [0, 0.05) is 49.8 Å². The number of likely N-dealkylation sites (N-methyl/N-ethyl adjacent to an activating group) is 1. The lowest BCUT2D eigenvalue weighted by Gasteiger charge is -2.50. The third-order valence-electron chi connectivity index (χ3n) is 4.61. The predicted octanol–water partition coefficient (Wildman–Crippen LogP) is 1.61. The summed E-state index contributed by atoms with van der Waals surface area (Å²) in [7, 11) is 2.00. The van der Waals surface area contributed by atoms with E-state index in [0.717, 1.165) is 31.6 Å². The van der Waals surface area contributed by atoms with Crippen molar-refractivity contribution in [2.75, 3.05) is 39.8 Å². The van der Waals surface area contributed by atoms with Crippen LogP contribution in [-0.4, -0.2) is 61.7 Å². The Morgan fingerprint density at radius 3 is 2.65 bits per heavy atom. The van der Waals surface area contributed by atoms with Gasteiger partial charge >= 0.3 is 0 Å². The highest BCUT2D eigenvalue weighted by Crippen LogP contribution is 2.23. The van der Waals surface area contributed by atoms with Crippen molar-refractivity contribution in [2.45, 2.75) is 18.5 Å². The van der Waals surface area contributed by atoms with Crippen LogP contribution in [0.4, 0.5) is 4.39 Å². The van der Waals surface area contributed by atoms with E-state index in [0.29, 0.717) is 17.1 Å². The summed E-state index contributed by atoms with van der Waals surface area (Å²) < 4.78 is 13.1. The van der Waals surface area contributed by atoms with Gasteiger partial charge in [-0.05, 0) is 31.2 Å². The molecule has 2 bridgehead atoms. The Labute approximate surface area is 124 Å². The minimum atomic E-state index is -0.272. The van der Waals surface area contributed by atoms with Crippen LogP contribution in [0.2, 0.25) is 5.02 Å². The number of piperazine rings is 3. The van der Waals surface area contributed by atoms with Gasteiger partial charge in [0.15, 0.2) is 0 Å².